The lowest BCUT2D eigenvalue weighted by Crippen LogP contribution is -1.86. The van der Waals surface area contributed by atoms with Crippen molar-refractivity contribution in [1.82, 2.24) is 0 Å². The van der Waals surface area contributed by atoms with E-state index >= 15 is 0 Å². The smallest absolute Gasteiger partial charge is 0.172 e. The molecule has 0 saturated carbocycles. The number of halogens is 3. The molecule has 0 saturated heterocycles. The molecular weight excluding hydrogens is 269 g/mol. The van der Waals surface area contributed by atoms with Crippen molar-refractivity contribution in [2.24, 2.45) is 0 Å². The molecule has 0 fully saturated rings. The van der Waals surface area contributed by atoms with Crippen molar-refractivity contribution >= 4 is 35.2 Å². The van der Waals surface area contributed by atoms with Crippen molar-refractivity contribution in [2.45, 2.75) is 4.90 Å². The summed E-state index contributed by atoms with van der Waals surface area (Å²) in [5, 5.41) is 0. The van der Waals surface area contributed by atoms with Crippen LogP contribution in [0.5, 0.6) is 0 Å². The fourth-order valence-corrected chi connectivity index (χ4v) is 1.62. The molecule has 0 amide bonds. The van der Waals surface area contributed by atoms with Gasteiger partial charge < -0.3 is 0 Å². The Morgan fingerprint density at radius 2 is 1.90 bits per heavy atom. The van der Waals surface area contributed by atoms with Crippen molar-refractivity contribution in [3.8, 4) is 0 Å². The molecule has 0 nitrogen and oxygen atoms in total. The Morgan fingerprint density at radius 3 is 2.40 bits per heavy atom. The molecule has 0 atom stereocenters. The van der Waals surface area contributed by atoms with E-state index in [0.717, 1.165) is 6.07 Å². The zero-order chi connectivity index (χ0) is 7.72. The molecule has 0 spiro atoms. The topological polar surface area (TPSA) is 0 Å². The predicted octanol–water partition coefficient (Wildman–Crippen LogP) is 2.86. The van der Waals surface area contributed by atoms with Gasteiger partial charge in [0.2, 0.25) is 0 Å². The van der Waals surface area contributed by atoms with Crippen molar-refractivity contribution in [3.63, 3.8) is 0 Å². The third kappa shape index (κ3) is 1.60. The second-order valence-electron chi connectivity index (χ2n) is 1.72. The van der Waals surface area contributed by atoms with E-state index in [-0.39, 0.29) is 4.90 Å². The van der Waals surface area contributed by atoms with Gasteiger partial charge in [-0.3, -0.25) is 0 Å². The minimum absolute atomic E-state index is 0.0457. The van der Waals surface area contributed by atoms with Crippen LogP contribution in [0.4, 0.5) is 8.78 Å². The molecule has 1 aromatic carbocycles. The van der Waals surface area contributed by atoms with Crippen LogP contribution in [-0.2, 0) is 0 Å². The second-order valence-corrected chi connectivity index (χ2v) is 3.45. The molecule has 10 heavy (non-hydrogen) atoms. The van der Waals surface area contributed by atoms with Crippen LogP contribution in [0.3, 0.4) is 0 Å². The van der Waals surface area contributed by atoms with Gasteiger partial charge in [-0.05, 0) is 34.7 Å². The van der Waals surface area contributed by atoms with Gasteiger partial charge in [-0.25, -0.2) is 8.78 Å². The molecule has 54 valence electrons. The number of rotatable bonds is 0. The Labute approximate surface area is 76.2 Å². The maximum absolute atomic E-state index is 12.5. The summed E-state index contributed by atoms with van der Waals surface area (Å²) in [6.07, 6.45) is 0. The number of hydrogen-bond acceptors (Lipinski definition) is 1. The van der Waals surface area contributed by atoms with Gasteiger partial charge in [-0.1, -0.05) is 0 Å². The summed E-state index contributed by atoms with van der Waals surface area (Å²) in [4.78, 5) is 0.0457. The Bertz CT molecular complexity index is 239. The third-order valence-corrected chi connectivity index (χ3v) is 1.92. The molecule has 0 N–H and O–H groups in total. The third-order valence-electron chi connectivity index (χ3n) is 0.974. The molecule has 0 unspecified atom stereocenters. The minimum atomic E-state index is -0.885. The monoisotopic (exact) mass is 272 g/mol. The van der Waals surface area contributed by atoms with E-state index in [1.165, 1.54) is 6.07 Å². The van der Waals surface area contributed by atoms with Crippen LogP contribution in [0.15, 0.2) is 17.0 Å². The Balaban J connectivity index is 3.31. The summed E-state index contributed by atoms with van der Waals surface area (Å²) in [5.74, 6) is -1.74. The van der Waals surface area contributed by atoms with Crippen LogP contribution < -0.4 is 0 Å². The van der Waals surface area contributed by atoms with Crippen LogP contribution in [0, 0.1) is 15.2 Å². The fourth-order valence-electron chi connectivity index (χ4n) is 0.542. The van der Waals surface area contributed by atoms with Crippen LogP contribution in [0.25, 0.3) is 0 Å². The van der Waals surface area contributed by atoms with Crippen LogP contribution in [-0.4, -0.2) is 0 Å². The molecule has 0 aliphatic heterocycles. The summed E-state index contributed by atoms with van der Waals surface area (Å²) >= 11 is 5.61. The summed E-state index contributed by atoms with van der Waals surface area (Å²) < 4.78 is 25.5. The van der Waals surface area contributed by atoms with Gasteiger partial charge in [0.15, 0.2) is 11.6 Å². The van der Waals surface area contributed by atoms with Crippen molar-refractivity contribution in [2.75, 3.05) is 0 Å². The lowest BCUT2D eigenvalue weighted by Gasteiger charge is -1.96. The highest BCUT2D eigenvalue weighted by molar-refractivity contribution is 14.1. The summed E-state index contributed by atoms with van der Waals surface area (Å²) in [6.45, 7) is 0. The maximum atomic E-state index is 12.5. The standard InChI is InChI=1S/C6H3F2IS/c7-4-1-3(9)2-5(10)6(4)8/h1-2,10H. The highest BCUT2D eigenvalue weighted by atomic mass is 127. The zero-order valence-corrected chi connectivity index (χ0v) is 7.79. The molecule has 0 radical (unpaired) electrons. The summed E-state index contributed by atoms with van der Waals surface area (Å²) in [6, 6.07) is 2.58. The fraction of sp³-hybridized carbons (Fsp3) is 0. The van der Waals surface area contributed by atoms with E-state index in [1.807, 2.05) is 22.6 Å². The quantitative estimate of drug-likeness (QED) is 0.419. The molecule has 1 rings (SSSR count). The largest absolute Gasteiger partial charge is 0.204 e. The first-order valence-electron chi connectivity index (χ1n) is 2.45. The number of benzene rings is 1. The van der Waals surface area contributed by atoms with Gasteiger partial charge in [0.25, 0.3) is 0 Å². The first kappa shape index (κ1) is 8.26. The Kier molecular flexibility index (Phi) is 2.51. The SMILES string of the molecule is Fc1cc(I)cc(S)c1F. The molecule has 0 heterocycles. The molecule has 4 heteroatoms. The minimum Gasteiger partial charge on any atom is -0.204 e. The highest BCUT2D eigenvalue weighted by Crippen LogP contribution is 2.18. The number of hydrogen-bond donors (Lipinski definition) is 1. The van der Waals surface area contributed by atoms with Crippen LogP contribution in [0.1, 0.15) is 0 Å². The average Bonchev–Trinajstić information content (AvgIpc) is 1.82. The summed E-state index contributed by atoms with van der Waals surface area (Å²) in [5.41, 5.74) is 0. The van der Waals surface area contributed by atoms with Crippen molar-refractivity contribution in [1.29, 1.82) is 0 Å². The highest BCUT2D eigenvalue weighted by Gasteiger charge is 2.05. The van der Waals surface area contributed by atoms with Gasteiger partial charge >= 0.3 is 0 Å². The van der Waals surface area contributed by atoms with E-state index in [2.05, 4.69) is 12.6 Å². The Morgan fingerprint density at radius 1 is 1.30 bits per heavy atom. The van der Waals surface area contributed by atoms with Crippen molar-refractivity contribution in [3.05, 3.63) is 27.3 Å². The molecule has 0 bridgehead atoms. The van der Waals surface area contributed by atoms with Gasteiger partial charge in [-0.15, -0.1) is 12.6 Å². The molecule has 0 aromatic heterocycles. The lowest BCUT2D eigenvalue weighted by molar-refractivity contribution is 0.491. The number of thiol groups is 1. The first-order chi connectivity index (χ1) is 4.61. The van der Waals surface area contributed by atoms with Gasteiger partial charge in [-0.2, -0.15) is 0 Å². The van der Waals surface area contributed by atoms with Crippen molar-refractivity contribution < 1.29 is 8.78 Å². The second kappa shape index (κ2) is 3.04. The maximum Gasteiger partial charge on any atom is 0.172 e. The normalized spacial score (nSPS) is 10.0. The van der Waals surface area contributed by atoms with Gasteiger partial charge in [0, 0.05) is 8.47 Å². The average molecular weight is 272 g/mol. The zero-order valence-electron chi connectivity index (χ0n) is 4.74. The van der Waals surface area contributed by atoms with E-state index < -0.39 is 11.6 Å². The molecule has 0 aliphatic rings. The van der Waals surface area contributed by atoms with Gasteiger partial charge in [0.1, 0.15) is 0 Å². The van der Waals surface area contributed by atoms with E-state index in [9.17, 15) is 8.78 Å². The molecular formula is C6H3F2IS. The van der Waals surface area contributed by atoms with Gasteiger partial charge in [0.05, 0.1) is 0 Å². The van der Waals surface area contributed by atoms with E-state index in [4.69, 9.17) is 0 Å². The van der Waals surface area contributed by atoms with E-state index in [1.54, 1.807) is 0 Å². The molecule has 0 aliphatic carbocycles. The van der Waals surface area contributed by atoms with Crippen LogP contribution >= 0.6 is 35.2 Å². The summed E-state index contributed by atoms with van der Waals surface area (Å²) in [7, 11) is 0. The first-order valence-corrected chi connectivity index (χ1v) is 3.97. The van der Waals surface area contributed by atoms with E-state index in [0.29, 0.717) is 3.57 Å². The Hall–Kier alpha value is 0.160. The molecule has 1 aromatic rings. The van der Waals surface area contributed by atoms with Crippen LogP contribution in [0.2, 0.25) is 0 Å². The lowest BCUT2D eigenvalue weighted by atomic mass is 10.3. The predicted molar refractivity (Wildman–Crippen MR) is 46.3 cm³/mol.